The lowest BCUT2D eigenvalue weighted by molar-refractivity contribution is 0.102. The van der Waals surface area contributed by atoms with Gasteiger partial charge in [0.25, 0.3) is 5.91 Å². The van der Waals surface area contributed by atoms with Crippen molar-refractivity contribution in [3.05, 3.63) is 88.9 Å². The minimum absolute atomic E-state index is 0.220. The van der Waals surface area contributed by atoms with Crippen LogP contribution < -0.4 is 10.0 Å². The number of rotatable bonds is 5. The summed E-state index contributed by atoms with van der Waals surface area (Å²) in [5.74, 6) is -0.220. The van der Waals surface area contributed by atoms with Crippen molar-refractivity contribution < 1.29 is 4.79 Å². The standard InChI is InChI=1S/C20H14ClN3OS/c21-16-6-8-17(9-7-16)24-26-19-10-4-15(5-11-19)20(25)23-18-3-1-2-14(12-18)13-22/h1-12,24H,(H,23,25). The van der Waals surface area contributed by atoms with Crippen LogP contribution in [0.4, 0.5) is 11.4 Å². The normalized spacial score (nSPS) is 10.0. The molecule has 0 aromatic heterocycles. The number of carbonyl (C=O) groups is 1. The van der Waals surface area contributed by atoms with Gasteiger partial charge in [0.15, 0.2) is 0 Å². The quantitative estimate of drug-likeness (QED) is 0.567. The molecule has 2 N–H and O–H groups in total. The van der Waals surface area contributed by atoms with E-state index in [1.807, 2.05) is 36.4 Å². The summed E-state index contributed by atoms with van der Waals surface area (Å²) < 4.78 is 3.22. The Kier molecular flexibility index (Phi) is 5.80. The Morgan fingerprint density at radius 3 is 2.38 bits per heavy atom. The Hall–Kier alpha value is -2.94. The summed E-state index contributed by atoms with van der Waals surface area (Å²) in [5, 5.41) is 12.4. The molecular weight excluding hydrogens is 366 g/mol. The highest BCUT2D eigenvalue weighted by Crippen LogP contribution is 2.23. The van der Waals surface area contributed by atoms with Crippen LogP contribution in [0.2, 0.25) is 5.02 Å². The molecular formula is C20H14ClN3OS. The molecule has 26 heavy (non-hydrogen) atoms. The van der Waals surface area contributed by atoms with Gasteiger partial charge in [0, 0.05) is 26.9 Å². The maximum absolute atomic E-state index is 12.3. The number of hydrogen-bond acceptors (Lipinski definition) is 4. The van der Waals surface area contributed by atoms with E-state index in [-0.39, 0.29) is 5.91 Å². The van der Waals surface area contributed by atoms with Crippen molar-refractivity contribution in [1.29, 1.82) is 5.26 Å². The topological polar surface area (TPSA) is 64.9 Å². The molecule has 0 radical (unpaired) electrons. The number of anilines is 2. The first-order valence-electron chi connectivity index (χ1n) is 7.74. The summed E-state index contributed by atoms with van der Waals surface area (Å²) in [5.41, 5.74) is 2.58. The van der Waals surface area contributed by atoms with Gasteiger partial charge in [0.2, 0.25) is 0 Å². The lowest BCUT2D eigenvalue weighted by Crippen LogP contribution is -2.11. The van der Waals surface area contributed by atoms with Gasteiger partial charge >= 0.3 is 0 Å². The summed E-state index contributed by atoms with van der Waals surface area (Å²) in [7, 11) is 0. The van der Waals surface area contributed by atoms with E-state index in [1.54, 1.807) is 36.4 Å². The molecule has 3 aromatic carbocycles. The zero-order valence-electron chi connectivity index (χ0n) is 13.6. The highest BCUT2D eigenvalue weighted by atomic mass is 35.5. The molecule has 0 aliphatic rings. The SMILES string of the molecule is N#Cc1cccc(NC(=O)c2ccc(SNc3ccc(Cl)cc3)cc2)c1. The number of hydrogen-bond donors (Lipinski definition) is 2. The molecule has 0 unspecified atom stereocenters. The minimum atomic E-state index is -0.220. The largest absolute Gasteiger partial charge is 0.326 e. The molecule has 4 nitrogen and oxygen atoms in total. The summed E-state index contributed by atoms with van der Waals surface area (Å²) in [6.45, 7) is 0. The van der Waals surface area contributed by atoms with Gasteiger partial charge in [-0.3, -0.25) is 4.79 Å². The van der Waals surface area contributed by atoms with E-state index in [2.05, 4.69) is 16.1 Å². The Morgan fingerprint density at radius 1 is 0.962 bits per heavy atom. The van der Waals surface area contributed by atoms with Crippen molar-refractivity contribution in [2.24, 2.45) is 0 Å². The van der Waals surface area contributed by atoms with Crippen molar-refractivity contribution in [2.45, 2.75) is 4.90 Å². The summed E-state index contributed by atoms with van der Waals surface area (Å²) >= 11 is 7.31. The summed E-state index contributed by atoms with van der Waals surface area (Å²) in [6.07, 6.45) is 0. The monoisotopic (exact) mass is 379 g/mol. The maximum atomic E-state index is 12.3. The second-order valence-electron chi connectivity index (χ2n) is 5.38. The number of amides is 1. The predicted molar refractivity (Wildman–Crippen MR) is 106 cm³/mol. The molecule has 3 rings (SSSR count). The van der Waals surface area contributed by atoms with E-state index in [0.717, 1.165) is 10.6 Å². The van der Waals surface area contributed by atoms with Gasteiger partial charge in [-0.15, -0.1) is 0 Å². The highest BCUT2D eigenvalue weighted by Gasteiger charge is 2.07. The molecule has 0 aliphatic heterocycles. The third-order valence-electron chi connectivity index (χ3n) is 3.50. The first-order chi connectivity index (χ1) is 12.6. The number of halogens is 1. The fourth-order valence-corrected chi connectivity index (χ4v) is 2.95. The van der Waals surface area contributed by atoms with E-state index in [1.165, 1.54) is 11.9 Å². The van der Waals surface area contributed by atoms with Gasteiger partial charge in [-0.1, -0.05) is 17.7 Å². The Bertz CT molecular complexity index is 950. The molecule has 6 heteroatoms. The summed E-state index contributed by atoms with van der Waals surface area (Å²) in [4.78, 5) is 13.3. The molecule has 0 heterocycles. The average Bonchev–Trinajstić information content (AvgIpc) is 2.68. The first-order valence-corrected chi connectivity index (χ1v) is 8.93. The fraction of sp³-hybridized carbons (Fsp3) is 0. The van der Waals surface area contributed by atoms with Gasteiger partial charge in [0.05, 0.1) is 11.6 Å². The zero-order valence-corrected chi connectivity index (χ0v) is 15.1. The van der Waals surface area contributed by atoms with Gasteiger partial charge in [0.1, 0.15) is 0 Å². The van der Waals surface area contributed by atoms with Crippen molar-refractivity contribution >= 4 is 40.8 Å². The van der Waals surface area contributed by atoms with Crippen LogP contribution in [0.1, 0.15) is 15.9 Å². The van der Waals surface area contributed by atoms with Crippen LogP contribution in [0.25, 0.3) is 0 Å². The lowest BCUT2D eigenvalue weighted by Gasteiger charge is -2.08. The molecule has 128 valence electrons. The van der Waals surface area contributed by atoms with E-state index in [9.17, 15) is 4.79 Å². The Balaban J connectivity index is 1.60. The van der Waals surface area contributed by atoms with Crippen molar-refractivity contribution in [3.63, 3.8) is 0 Å². The van der Waals surface area contributed by atoms with Crippen LogP contribution in [-0.4, -0.2) is 5.91 Å². The smallest absolute Gasteiger partial charge is 0.255 e. The fourth-order valence-electron chi connectivity index (χ4n) is 2.18. The second-order valence-corrected chi connectivity index (χ2v) is 6.70. The number of benzene rings is 3. The van der Waals surface area contributed by atoms with Crippen molar-refractivity contribution in [1.82, 2.24) is 0 Å². The van der Waals surface area contributed by atoms with Crippen LogP contribution in [-0.2, 0) is 0 Å². The molecule has 0 saturated carbocycles. The van der Waals surface area contributed by atoms with Crippen molar-refractivity contribution in [2.75, 3.05) is 10.0 Å². The summed E-state index contributed by atoms with van der Waals surface area (Å²) in [6, 6.07) is 23.5. The van der Waals surface area contributed by atoms with E-state index >= 15 is 0 Å². The van der Waals surface area contributed by atoms with Crippen LogP contribution >= 0.6 is 23.5 Å². The van der Waals surface area contributed by atoms with Gasteiger partial charge in [-0.25, -0.2) is 0 Å². The molecule has 0 atom stereocenters. The van der Waals surface area contributed by atoms with Crippen LogP contribution in [0, 0.1) is 11.3 Å². The van der Waals surface area contributed by atoms with E-state index in [0.29, 0.717) is 21.8 Å². The van der Waals surface area contributed by atoms with Gasteiger partial charge < -0.3 is 10.0 Å². The van der Waals surface area contributed by atoms with Crippen LogP contribution in [0.5, 0.6) is 0 Å². The predicted octanol–water partition coefficient (Wildman–Crippen LogP) is 5.58. The molecule has 0 aliphatic carbocycles. The maximum Gasteiger partial charge on any atom is 0.255 e. The first kappa shape index (κ1) is 17.9. The third kappa shape index (κ3) is 4.79. The molecule has 1 amide bonds. The number of nitriles is 1. The van der Waals surface area contributed by atoms with Crippen LogP contribution in [0.3, 0.4) is 0 Å². The van der Waals surface area contributed by atoms with Crippen molar-refractivity contribution in [3.8, 4) is 6.07 Å². The number of nitrogens with one attached hydrogen (secondary N) is 2. The minimum Gasteiger partial charge on any atom is -0.326 e. The Labute approximate surface area is 160 Å². The third-order valence-corrected chi connectivity index (χ3v) is 4.59. The van der Waals surface area contributed by atoms with E-state index in [4.69, 9.17) is 16.9 Å². The molecule has 0 spiro atoms. The number of carbonyl (C=O) groups excluding carboxylic acids is 1. The second kappa shape index (κ2) is 8.43. The Morgan fingerprint density at radius 2 is 1.69 bits per heavy atom. The number of nitrogens with zero attached hydrogens (tertiary/aromatic N) is 1. The average molecular weight is 380 g/mol. The molecule has 0 bridgehead atoms. The van der Waals surface area contributed by atoms with Gasteiger partial charge in [-0.05, 0) is 78.7 Å². The zero-order chi connectivity index (χ0) is 18.4. The molecule has 3 aromatic rings. The van der Waals surface area contributed by atoms with Gasteiger partial charge in [-0.2, -0.15) is 5.26 Å². The van der Waals surface area contributed by atoms with E-state index < -0.39 is 0 Å². The highest BCUT2D eigenvalue weighted by molar-refractivity contribution is 8.00. The molecule has 0 fully saturated rings. The lowest BCUT2D eigenvalue weighted by atomic mass is 10.2. The molecule has 0 saturated heterocycles. The van der Waals surface area contributed by atoms with Crippen LogP contribution in [0.15, 0.2) is 77.7 Å².